The number of primary amides is 1. The summed E-state index contributed by atoms with van der Waals surface area (Å²) >= 11 is 5.86. The highest BCUT2D eigenvalue weighted by molar-refractivity contribution is 6.30. The zero-order valence-corrected chi connectivity index (χ0v) is 12.2. The van der Waals surface area contributed by atoms with Crippen molar-refractivity contribution in [2.75, 3.05) is 7.11 Å². The molecule has 0 aliphatic carbocycles. The minimum atomic E-state index is -0.738. The van der Waals surface area contributed by atoms with Crippen LogP contribution in [-0.2, 0) is 0 Å². The average molecular weight is 319 g/mol. The van der Waals surface area contributed by atoms with Gasteiger partial charge in [-0.15, -0.1) is 5.10 Å². The number of aromatic nitrogens is 3. The first-order chi connectivity index (χ1) is 10.5. The molecule has 0 bridgehead atoms. The van der Waals surface area contributed by atoms with Crippen LogP contribution in [0.4, 0.5) is 4.79 Å². The van der Waals surface area contributed by atoms with Crippen LogP contribution in [0.25, 0.3) is 16.9 Å². The second-order valence-corrected chi connectivity index (χ2v) is 4.94. The molecule has 2 N–H and O–H groups in total. The van der Waals surface area contributed by atoms with E-state index in [9.17, 15) is 9.59 Å². The van der Waals surface area contributed by atoms with Gasteiger partial charge in [0.25, 0.3) is 5.56 Å². The topological polar surface area (TPSA) is 91.6 Å². The maximum atomic E-state index is 12.2. The molecule has 1 aromatic carbocycles. The molecule has 3 aromatic rings. The van der Waals surface area contributed by atoms with Gasteiger partial charge in [0.05, 0.1) is 12.8 Å². The molecule has 1 amide bonds. The average Bonchev–Trinajstić information content (AvgIpc) is 2.92. The van der Waals surface area contributed by atoms with Crippen LogP contribution in [0.1, 0.15) is 0 Å². The Labute approximate surface area is 129 Å². The molecule has 2 heterocycles. The van der Waals surface area contributed by atoms with Crippen LogP contribution < -0.4 is 16.0 Å². The summed E-state index contributed by atoms with van der Waals surface area (Å²) in [5.41, 5.74) is 6.26. The van der Waals surface area contributed by atoms with E-state index in [2.05, 4.69) is 5.10 Å². The molecule has 0 radical (unpaired) electrons. The monoisotopic (exact) mass is 318 g/mol. The van der Waals surface area contributed by atoms with Crippen molar-refractivity contribution >= 4 is 23.3 Å². The molecule has 0 saturated carbocycles. The minimum Gasteiger partial charge on any atom is -0.480 e. The van der Waals surface area contributed by atoms with Crippen molar-refractivity contribution in [3.63, 3.8) is 0 Å². The Balaban J connectivity index is 2.39. The van der Waals surface area contributed by atoms with Gasteiger partial charge in [-0.05, 0) is 17.7 Å². The Morgan fingerprint density at radius 3 is 2.55 bits per heavy atom. The molecule has 3 rings (SSSR count). The van der Waals surface area contributed by atoms with Crippen LogP contribution >= 0.6 is 11.6 Å². The first-order valence-corrected chi connectivity index (χ1v) is 6.64. The quantitative estimate of drug-likeness (QED) is 0.779. The van der Waals surface area contributed by atoms with Crippen LogP contribution in [0.5, 0.6) is 5.88 Å². The van der Waals surface area contributed by atoms with Gasteiger partial charge in [0.15, 0.2) is 5.65 Å². The van der Waals surface area contributed by atoms with E-state index in [0.29, 0.717) is 16.3 Å². The van der Waals surface area contributed by atoms with E-state index in [-0.39, 0.29) is 11.5 Å². The van der Waals surface area contributed by atoms with Crippen molar-refractivity contribution in [2.45, 2.75) is 0 Å². The number of methoxy groups -OCH3 is 1. The SMILES string of the molecule is COc1cc2n(C(N)=O)c(-c3ccc(Cl)cc3)cc(=O)n2n1. The molecule has 0 atom stereocenters. The lowest BCUT2D eigenvalue weighted by molar-refractivity contribution is 0.251. The number of carbonyl (C=O) groups excluding carboxylic acids is 1. The number of rotatable bonds is 2. The van der Waals surface area contributed by atoms with Crippen LogP contribution in [0.15, 0.2) is 41.2 Å². The summed E-state index contributed by atoms with van der Waals surface area (Å²) in [6.07, 6.45) is 0. The van der Waals surface area contributed by atoms with Gasteiger partial charge in [0.2, 0.25) is 5.88 Å². The summed E-state index contributed by atoms with van der Waals surface area (Å²) in [6.45, 7) is 0. The molecule has 0 fully saturated rings. The van der Waals surface area contributed by atoms with E-state index in [1.165, 1.54) is 23.8 Å². The highest BCUT2D eigenvalue weighted by atomic mass is 35.5. The second-order valence-electron chi connectivity index (χ2n) is 4.51. The van der Waals surface area contributed by atoms with E-state index in [1.807, 2.05) is 0 Å². The van der Waals surface area contributed by atoms with Gasteiger partial charge in [0.1, 0.15) is 0 Å². The molecule has 22 heavy (non-hydrogen) atoms. The summed E-state index contributed by atoms with van der Waals surface area (Å²) in [4.78, 5) is 24.1. The van der Waals surface area contributed by atoms with Gasteiger partial charge >= 0.3 is 6.03 Å². The van der Waals surface area contributed by atoms with Gasteiger partial charge in [-0.3, -0.25) is 4.79 Å². The normalized spacial score (nSPS) is 10.8. The third kappa shape index (κ3) is 2.21. The van der Waals surface area contributed by atoms with Crippen LogP contribution in [0.2, 0.25) is 5.02 Å². The lowest BCUT2D eigenvalue weighted by Crippen LogP contribution is -2.27. The van der Waals surface area contributed by atoms with Crippen LogP contribution in [0, 0.1) is 0 Å². The predicted molar refractivity (Wildman–Crippen MR) is 81.4 cm³/mol. The van der Waals surface area contributed by atoms with Gasteiger partial charge < -0.3 is 10.5 Å². The smallest absolute Gasteiger partial charge is 0.325 e. The number of nitrogens with two attached hydrogens (primary N) is 1. The van der Waals surface area contributed by atoms with Crippen molar-refractivity contribution in [1.29, 1.82) is 0 Å². The number of nitrogens with zero attached hydrogens (tertiary/aromatic N) is 3. The maximum absolute atomic E-state index is 12.2. The molecule has 0 saturated heterocycles. The Hall–Kier alpha value is -2.80. The highest BCUT2D eigenvalue weighted by Crippen LogP contribution is 2.23. The molecule has 0 aliphatic rings. The third-order valence-corrected chi connectivity index (χ3v) is 3.43. The number of amides is 1. The van der Waals surface area contributed by atoms with Gasteiger partial charge in [-0.2, -0.15) is 4.52 Å². The zero-order chi connectivity index (χ0) is 15.9. The number of hydrogen-bond donors (Lipinski definition) is 1. The summed E-state index contributed by atoms with van der Waals surface area (Å²) in [5, 5.41) is 4.50. The van der Waals surface area contributed by atoms with Crippen LogP contribution in [-0.4, -0.2) is 27.3 Å². The second kappa shape index (κ2) is 5.19. The minimum absolute atomic E-state index is 0.209. The first kappa shape index (κ1) is 14.2. The molecule has 112 valence electrons. The molecule has 0 spiro atoms. The van der Waals surface area contributed by atoms with Gasteiger partial charge in [-0.25, -0.2) is 9.36 Å². The number of benzene rings is 1. The molecule has 0 unspecified atom stereocenters. The fourth-order valence-electron chi connectivity index (χ4n) is 2.20. The number of hydrogen-bond acceptors (Lipinski definition) is 4. The lowest BCUT2D eigenvalue weighted by Gasteiger charge is -2.11. The first-order valence-electron chi connectivity index (χ1n) is 6.27. The number of ether oxygens (including phenoxy) is 1. The van der Waals surface area contributed by atoms with Crippen molar-refractivity contribution in [1.82, 2.24) is 14.2 Å². The third-order valence-electron chi connectivity index (χ3n) is 3.18. The lowest BCUT2D eigenvalue weighted by atomic mass is 10.1. The summed E-state index contributed by atoms with van der Waals surface area (Å²) < 4.78 is 7.25. The summed E-state index contributed by atoms with van der Waals surface area (Å²) in [7, 11) is 1.42. The maximum Gasteiger partial charge on any atom is 0.325 e. The van der Waals surface area contributed by atoms with Crippen LogP contribution in [0.3, 0.4) is 0 Å². The molecule has 8 heteroatoms. The Kier molecular flexibility index (Phi) is 3.34. The van der Waals surface area contributed by atoms with Crippen molar-refractivity contribution in [3.05, 3.63) is 51.8 Å². The molecule has 0 aliphatic heterocycles. The van der Waals surface area contributed by atoms with E-state index in [0.717, 1.165) is 4.52 Å². The standard InChI is InChI=1S/C14H11ClN4O3/c1-22-11-7-12-18(14(16)21)10(6-13(20)19(12)17-11)8-2-4-9(15)5-3-8/h2-7H,1H3,(H2,16,21). The summed E-state index contributed by atoms with van der Waals surface area (Å²) in [6, 6.07) is 8.72. The molecule has 7 nitrogen and oxygen atoms in total. The van der Waals surface area contributed by atoms with E-state index < -0.39 is 11.6 Å². The highest BCUT2D eigenvalue weighted by Gasteiger charge is 2.17. The summed E-state index contributed by atoms with van der Waals surface area (Å²) in [5.74, 6) is 0.209. The zero-order valence-electron chi connectivity index (χ0n) is 11.5. The number of carbonyl (C=O) groups is 1. The van der Waals surface area contributed by atoms with Gasteiger partial charge in [-0.1, -0.05) is 23.7 Å². The number of fused-ring (bicyclic) bond motifs is 1. The van der Waals surface area contributed by atoms with E-state index in [1.54, 1.807) is 24.3 Å². The Morgan fingerprint density at radius 1 is 1.27 bits per heavy atom. The molecule has 2 aromatic heterocycles. The van der Waals surface area contributed by atoms with Crippen molar-refractivity contribution in [2.24, 2.45) is 5.73 Å². The largest absolute Gasteiger partial charge is 0.480 e. The number of halogens is 1. The van der Waals surface area contributed by atoms with E-state index in [4.69, 9.17) is 22.1 Å². The fraction of sp³-hybridized carbons (Fsp3) is 0.0714. The van der Waals surface area contributed by atoms with Crippen molar-refractivity contribution < 1.29 is 9.53 Å². The Morgan fingerprint density at radius 2 is 1.95 bits per heavy atom. The Bertz CT molecular complexity index is 928. The fourth-order valence-corrected chi connectivity index (χ4v) is 2.33. The van der Waals surface area contributed by atoms with Crippen molar-refractivity contribution in [3.8, 4) is 17.1 Å². The molecular weight excluding hydrogens is 308 g/mol. The van der Waals surface area contributed by atoms with Gasteiger partial charge in [0, 0.05) is 17.2 Å². The predicted octanol–water partition coefficient (Wildman–Crippen LogP) is 1.75. The molecular formula is C14H11ClN4O3. The van der Waals surface area contributed by atoms with E-state index >= 15 is 0 Å².